The van der Waals surface area contributed by atoms with E-state index in [4.69, 9.17) is 34.8 Å². The van der Waals surface area contributed by atoms with Crippen molar-refractivity contribution >= 4 is 34.8 Å². The third-order valence-electron chi connectivity index (χ3n) is 0.919. The Labute approximate surface area is 70.8 Å². The molecule has 0 spiro atoms. The minimum Gasteiger partial charge on any atom is -0.117 e. The van der Waals surface area contributed by atoms with Gasteiger partial charge in [0.15, 0.2) is 0 Å². The molecule has 0 saturated heterocycles. The van der Waals surface area contributed by atoms with Crippen LogP contribution in [-0.2, 0) is 0 Å². The fourth-order valence-corrected chi connectivity index (χ4v) is 0.870. The Morgan fingerprint density at radius 2 is 1.89 bits per heavy atom. The van der Waals surface area contributed by atoms with Crippen molar-refractivity contribution in [2.75, 3.05) is 0 Å². The van der Waals surface area contributed by atoms with E-state index in [1.807, 2.05) is 6.92 Å². The topological polar surface area (TPSA) is 0 Å². The smallest absolute Gasteiger partial charge is 0.0675 e. The van der Waals surface area contributed by atoms with Crippen molar-refractivity contribution < 1.29 is 0 Å². The summed E-state index contributed by atoms with van der Waals surface area (Å²) in [5.41, 5.74) is 0. The minimum absolute atomic E-state index is 0.167. The van der Waals surface area contributed by atoms with E-state index in [2.05, 4.69) is 0 Å². The maximum atomic E-state index is 5.68. The molecule has 0 nitrogen and oxygen atoms in total. The van der Waals surface area contributed by atoms with E-state index in [0.717, 1.165) is 6.42 Å². The van der Waals surface area contributed by atoms with Crippen LogP contribution in [0.3, 0.4) is 0 Å². The first kappa shape index (κ1) is 9.61. The van der Waals surface area contributed by atoms with E-state index in [-0.39, 0.29) is 5.38 Å². The van der Waals surface area contributed by atoms with Crippen LogP contribution in [0, 0.1) is 0 Å². The molecule has 1 atom stereocenters. The second-order valence-electron chi connectivity index (χ2n) is 1.72. The molecule has 0 rings (SSSR count). The van der Waals surface area contributed by atoms with Gasteiger partial charge in [-0.15, -0.1) is 11.6 Å². The Balaban J connectivity index is 4.10. The molecular formula is C6H9Cl3. The lowest BCUT2D eigenvalue weighted by Gasteiger charge is -2.01. The molecule has 0 amide bonds. The molecule has 0 bridgehead atoms. The molecule has 9 heavy (non-hydrogen) atoms. The number of alkyl halides is 1. The highest BCUT2D eigenvalue weighted by atomic mass is 35.5. The normalized spacial score (nSPS) is 17.0. The zero-order valence-corrected chi connectivity index (χ0v) is 7.69. The minimum atomic E-state index is -0.167. The molecule has 0 aromatic carbocycles. The molecule has 0 radical (unpaired) electrons. The van der Waals surface area contributed by atoms with E-state index >= 15 is 0 Å². The van der Waals surface area contributed by atoms with E-state index in [1.54, 1.807) is 6.92 Å². The summed E-state index contributed by atoms with van der Waals surface area (Å²) in [5, 5.41) is 1.04. The quantitative estimate of drug-likeness (QED) is 0.578. The molecule has 0 aromatic heterocycles. The van der Waals surface area contributed by atoms with Gasteiger partial charge >= 0.3 is 0 Å². The molecule has 0 aliphatic rings. The Bertz CT molecular complexity index is 115. The largest absolute Gasteiger partial charge is 0.117 e. The number of allylic oxidation sites excluding steroid dienone is 2. The predicted molar refractivity (Wildman–Crippen MR) is 44.3 cm³/mol. The van der Waals surface area contributed by atoms with Crippen molar-refractivity contribution in [3.05, 3.63) is 10.1 Å². The van der Waals surface area contributed by atoms with Crippen molar-refractivity contribution in [1.82, 2.24) is 0 Å². The van der Waals surface area contributed by atoms with Crippen LogP contribution in [0.25, 0.3) is 0 Å². The summed E-state index contributed by atoms with van der Waals surface area (Å²) in [4.78, 5) is 0. The van der Waals surface area contributed by atoms with E-state index in [0.29, 0.717) is 10.1 Å². The molecule has 3 heteroatoms. The summed E-state index contributed by atoms with van der Waals surface area (Å²) in [5.74, 6) is 0. The lowest BCUT2D eigenvalue weighted by atomic mass is 10.3. The van der Waals surface area contributed by atoms with Crippen LogP contribution in [0.4, 0.5) is 0 Å². The maximum absolute atomic E-state index is 5.68. The molecule has 0 heterocycles. The zero-order chi connectivity index (χ0) is 7.44. The van der Waals surface area contributed by atoms with Gasteiger partial charge in [0.05, 0.1) is 10.4 Å². The summed E-state index contributed by atoms with van der Waals surface area (Å²) in [6.07, 6.45) is 0.747. The van der Waals surface area contributed by atoms with Gasteiger partial charge in [-0.05, 0) is 13.3 Å². The van der Waals surface area contributed by atoms with Crippen LogP contribution in [0.15, 0.2) is 10.1 Å². The highest BCUT2D eigenvalue weighted by Gasteiger charge is 2.05. The van der Waals surface area contributed by atoms with Crippen LogP contribution in [0.5, 0.6) is 0 Å². The Hall–Kier alpha value is 0.610. The van der Waals surface area contributed by atoms with Gasteiger partial charge < -0.3 is 0 Å². The molecule has 0 saturated carbocycles. The van der Waals surface area contributed by atoms with Crippen LogP contribution in [0.1, 0.15) is 20.3 Å². The van der Waals surface area contributed by atoms with Crippen molar-refractivity contribution in [2.45, 2.75) is 25.6 Å². The highest BCUT2D eigenvalue weighted by Crippen LogP contribution is 2.23. The number of hydrogen-bond donors (Lipinski definition) is 0. The summed E-state index contributed by atoms with van der Waals surface area (Å²) < 4.78 is 0. The summed E-state index contributed by atoms with van der Waals surface area (Å²) in [6, 6.07) is 0. The first-order valence-electron chi connectivity index (χ1n) is 2.77. The molecule has 0 aliphatic heterocycles. The van der Waals surface area contributed by atoms with Crippen molar-refractivity contribution in [3.8, 4) is 0 Å². The van der Waals surface area contributed by atoms with Crippen LogP contribution < -0.4 is 0 Å². The standard InChI is InChI=1S/C6H9Cl3/c1-3-5(8)6(9)4(2)7/h4H,3H2,1-2H3/b6-5+. The molecule has 0 fully saturated rings. The van der Waals surface area contributed by atoms with Crippen LogP contribution in [-0.4, -0.2) is 5.38 Å². The third-order valence-corrected chi connectivity index (χ3v) is 2.37. The predicted octanol–water partition coefficient (Wildman–Crippen LogP) is 3.71. The average Bonchev–Trinajstić information content (AvgIpc) is 1.84. The number of hydrogen-bond acceptors (Lipinski definition) is 0. The molecule has 0 aromatic rings. The Morgan fingerprint density at radius 3 is 2.00 bits per heavy atom. The molecular weight excluding hydrogens is 178 g/mol. The van der Waals surface area contributed by atoms with Gasteiger partial charge in [-0.2, -0.15) is 0 Å². The van der Waals surface area contributed by atoms with E-state index < -0.39 is 0 Å². The lowest BCUT2D eigenvalue weighted by Crippen LogP contribution is -1.91. The molecule has 0 N–H and O–H groups in total. The summed E-state index contributed by atoms with van der Waals surface area (Å²) >= 11 is 17.0. The van der Waals surface area contributed by atoms with Crippen LogP contribution >= 0.6 is 34.8 Å². The first-order chi connectivity index (χ1) is 4.09. The maximum Gasteiger partial charge on any atom is 0.0675 e. The monoisotopic (exact) mass is 186 g/mol. The lowest BCUT2D eigenvalue weighted by molar-refractivity contribution is 1.12. The number of rotatable bonds is 2. The molecule has 0 aliphatic carbocycles. The van der Waals surface area contributed by atoms with Gasteiger partial charge in [-0.3, -0.25) is 0 Å². The van der Waals surface area contributed by atoms with Crippen LogP contribution in [0.2, 0.25) is 0 Å². The second-order valence-corrected chi connectivity index (χ2v) is 3.24. The van der Waals surface area contributed by atoms with E-state index in [1.165, 1.54) is 0 Å². The van der Waals surface area contributed by atoms with Gasteiger partial charge in [0.2, 0.25) is 0 Å². The van der Waals surface area contributed by atoms with Gasteiger partial charge in [0.1, 0.15) is 0 Å². The number of halogens is 3. The fourth-order valence-electron chi connectivity index (χ4n) is 0.385. The van der Waals surface area contributed by atoms with Crippen molar-refractivity contribution in [1.29, 1.82) is 0 Å². The summed E-state index contributed by atoms with van der Waals surface area (Å²) in [6.45, 7) is 3.73. The first-order valence-corrected chi connectivity index (χ1v) is 3.97. The van der Waals surface area contributed by atoms with E-state index in [9.17, 15) is 0 Å². The van der Waals surface area contributed by atoms with Gasteiger partial charge in [-0.1, -0.05) is 30.1 Å². The van der Waals surface area contributed by atoms with Crippen molar-refractivity contribution in [3.63, 3.8) is 0 Å². The SMILES string of the molecule is CC/C(Cl)=C(\Cl)C(C)Cl. The zero-order valence-electron chi connectivity index (χ0n) is 5.42. The fraction of sp³-hybridized carbons (Fsp3) is 0.667. The van der Waals surface area contributed by atoms with Crippen molar-refractivity contribution in [2.24, 2.45) is 0 Å². The Kier molecular flexibility index (Phi) is 4.73. The average molecular weight is 187 g/mol. The van der Waals surface area contributed by atoms with Gasteiger partial charge in [0, 0.05) is 5.03 Å². The Morgan fingerprint density at radius 1 is 1.44 bits per heavy atom. The summed E-state index contributed by atoms with van der Waals surface area (Å²) in [7, 11) is 0. The molecule has 54 valence electrons. The van der Waals surface area contributed by atoms with Gasteiger partial charge in [-0.25, -0.2) is 0 Å². The highest BCUT2D eigenvalue weighted by molar-refractivity contribution is 6.43. The third kappa shape index (κ3) is 3.34. The van der Waals surface area contributed by atoms with Gasteiger partial charge in [0.25, 0.3) is 0 Å². The second kappa shape index (κ2) is 4.43. The molecule has 1 unspecified atom stereocenters.